The summed E-state index contributed by atoms with van der Waals surface area (Å²) < 4.78 is 50.2. The van der Waals surface area contributed by atoms with E-state index in [0.29, 0.717) is 6.42 Å². The molecule has 2 aliphatic carbocycles. The SMILES string of the molecule is O=S1O[N-]S(=O)(=O)OC2CCCCC2C2CCCCC2O1. The molecule has 3 aliphatic rings. The average molecular weight is 338 g/mol. The predicted molar refractivity (Wildman–Crippen MR) is 75.2 cm³/mol. The molecule has 0 aromatic heterocycles. The molecule has 0 bridgehead atoms. The molecule has 5 atom stereocenters. The Morgan fingerprint density at radius 2 is 1.48 bits per heavy atom. The summed E-state index contributed by atoms with van der Waals surface area (Å²) in [5.41, 5.74) is 0. The van der Waals surface area contributed by atoms with Gasteiger partial charge in [0.05, 0.1) is 12.2 Å². The molecule has 1 aliphatic heterocycles. The van der Waals surface area contributed by atoms with E-state index in [4.69, 9.17) is 8.37 Å². The summed E-state index contributed by atoms with van der Waals surface area (Å²) in [6.45, 7) is 0. The van der Waals surface area contributed by atoms with Crippen LogP contribution >= 0.6 is 0 Å². The maximum absolute atomic E-state index is 11.7. The summed E-state index contributed by atoms with van der Waals surface area (Å²) in [5, 5.41) is 0. The Balaban J connectivity index is 1.87. The number of nitrogens with zero attached hydrogens (tertiary/aromatic N) is 1. The molecular formula is C12H20NO6S2-. The van der Waals surface area contributed by atoms with Crippen molar-refractivity contribution in [2.75, 3.05) is 0 Å². The van der Waals surface area contributed by atoms with Crippen LogP contribution < -0.4 is 0 Å². The van der Waals surface area contributed by atoms with Crippen LogP contribution in [0.5, 0.6) is 0 Å². The van der Waals surface area contributed by atoms with Gasteiger partial charge in [0.25, 0.3) is 11.4 Å². The molecule has 0 aromatic carbocycles. The molecule has 122 valence electrons. The molecule has 1 saturated heterocycles. The minimum absolute atomic E-state index is 0.115. The topological polar surface area (TPSA) is 93.0 Å². The van der Waals surface area contributed by atoms with Crippen LogP contribution in [0.1, 0.15) is 51.4 Å². The van der Waals surface area contributed by atoms with Gasteiger partial charge >= 0.3 is 0 Å². The molecule has 3 rings (SSSR count). The van der Waals surface area contributed by atoms with Gasteiger partial charge in [-0.2, -0.15) is 4.21 Å². The largest absolute Gasteiger partial charge is 0.379 e. The van der Waals surface area contributed by atoms with Crippen LogP contribution in [0.2, 0.25) is 0 Å². The maximum Gasteiger partial charge on any atom is 0.288 e. The van der Waals surface area contributed by atoms with Gasteiger partial charge in [0.15, 0.2) is 0 Å². The Morgan fingerprint density at radius 3 is 2.19 bits per heavy atom. The van der Waals surface area contributed by atoms with Crippen LogP contribution in [0.25, 0.3) is 4.89 Å². The van der Waals surface area contributed by atoms with Crippen molar-refractivity contribution in [1.29, 1.82) is 0 Å². The average Bonchev–Trinajstić information content (AvgIpc) is 2.46. The standard InChI is InChI=1S/C12H20NO6S2/c14-20-17-11-7-3-1-5-9(11)10-6-2-4-8-12(10)18-21(15,16)13-19-20/h9-12H,1-8H2/q-1. The molecule has 2 saturated carbocycles. The Morgan fingerprint density at radius 1 is 0.905 bits per heavy atom. The van der Waals surface area contributed by atoms with Gasteiger partial charge in [-0.3, -0.25) is 8.37 Å². The lowest BCUT2D eigenvalue weighted by molar-refractivity contribution is -0.0116. The van der Waals surface area contributed by atoms with E-state index >= 15 is 0 Å². The van der Waals surface area contributed by atoms with Gasteiger partial charge in [-0.1, -0.05) is 25.7 Å². The monoisotopic (exact) mass is 338 g/mol. The van der Waals surface area contributed by atoms with Crippen molar-refractivity contribution in [3.63, 3.8) is 0 Å². The van der Waals surface area contributed by atoms with Gasteiger partial charge in [0, 0.05) is 0 Å². The number of hydrogen-bond acceptors (Lipinski definition) is 6. The van der Waals surface area contributed by atoms with Crippen LogP contribution in [0, 0.1) is 11.8 Å². The fraction of sp³-hybridized carbons (Fsp3) is 1.00. The Hall–Kier alpha value is -0.0600. The molecule has 0 aromatic rings. The zero-order valence-corrected chi connectivity index (χ0v) is 13.3. The van der Waals surface area contributed by atoms with Crippen molar-refractivity contribution >= 4 is 21.7 Å². The second-order valence-electron chi connectivity index (χ2n) is 5.95. The molecular weight excluding hydrogens is 318 g/mol. The van der Waals surface area contributed by atoms with Crippen LogP contribution in [-0.4, -0.2) is 24.8 Å². The first-order valence-corrected chi connectivity index (χ1v) is 9.83. The fourth-order valence-electron chi connectivity index (χ4n) is 3.82. The number of fused-ring (bicyclic) bond motifs is 3. The number of rotatable bonds is 0. The summed E-state index contributed by atoms with van der Waals surface area (Å²) in [5.74, 6) is 0.286. The Kier molecular flexibility index (Phi) is 4.97. The van der Waals surface area contributed by atoms with Crippen molar-refractivity contribution in [2.24, 2.45) is 11.8 Å². The summed E-state index contributed by atoms with van der Waals surface area (Å²) in [7, 11) is -4.19. The molecule has 1 heterocycles. The van der Waals surface area contributed by atoms with Crippen LogP contribution in [0.3, 0.4) is 0 Å². The minimum Gasteiger partial charge on any atom is -0.379 e. The van der Waals surface area contributed by atoms with Gasteiger partial charge in [-0.25, -0.2) is 8.42 Å². The van der Waals surface area contributed by atoms with Crippen molar-refractivity contribution in [2.45, 2.75) is 63.6 Å². The third kappa shape index (κ3) is 3.83. The first-order chi connectivity index (χ1) is 10.1. The summed E-state index contributed by atoms with van der Waals surface area (Å²) in [6.07, 6.45) is 6.93. The zero-order chi connectivity index (χ0) is 14.9. The Labute approximate surface area is 127 Å². The molecule has 21 heavy (non-hydrogen) atoms. The molecule has 0 radical (unpaired) electrons. The van der Waals surface area contributed by atoms with Gasteiger partial charge in [-0.15, -0.1) is 0 Å². The van der Waals surface area contributed by atoms with Crippen molar-refractivity contribution < 1.29 is 25.3 Å². The third-order valence-electron chi connectivity index (χ3n) is 4.69. The molecule has 3 fully saturated rings. The predicted octanol–water partition coefficient (Wildman–Crippen LogP) is 2.28. The van der Waals surface area contributed by atoms with Gasteiger partial charge in [-0.05, 0) is 37.5 Å². The normalized spacial score (nSPS) is 44.3. The van der Waals surface area contributed by atoms with Gasteiger partial charge in [0.2, 0.25) is 10.3 Å². The van der Waals surface area contributed by atoms with E-state index in [-0.39, 0.29) is 24.0 Å². The van der Waals surface area contributed by atoms with Crippen LogP contribution in [0.4, 0.5) is 0 Å². The smallest absolute Gasteiger partial charge is 0.288 e. The van der Waals surface area contributed by atoms with Crippen LogP contribution in [-0.2, 0) is 34.3 Å². The highest BCUT2D eigenvalue weighted by molar-refractivity contribution is 7.89. The second kappa shape index (κ2) is 6.59. The highest BCUT2D eigenvalue weighted by atomic mass is 32.2. The molecule has 0 N–H and O–H groups in total. The third-order valence-corrected chi connectivity index (χ3v) is 6.13. The minimum atomic E-state index is -4.19. The molecule has 5 unspecified atom stereocenters. The lowest BCUT2D eigenvalue weighted by Crippen LogP contribution is -2.43. The molecule has 9 heteroatoms. The van der Waals surface area contributed by atoms with Crippen LogP contribution in [0.15, 0.2) is 0 Å². The first-order valence-electron chi connectivity index (χ1n) is 7.47. The maximum atomic E-state index is 11.7. The van der Waals surface area contributed by atoms with E-state index in [1.165, 1.54) is 0 Å². The van der Waals surface area contributed by atoms with Gasteiger partial charge in [0.1, 0.15) is 0 Å². The summed E-state index contributed by atoms with van der Waals surface area (Å²) >= 11 is -2.19. The zero-order valence-electron chi connectivity index (χ0n) is 11.7. The van der Waals surface area contributed by atoms with E-state index in [1.807, 2.05) is 0 Å². The molecule has 7 nitrogen and oxygen atoms in total. The summed E-state index contributed by atoms with van der Waals surface area (Å²) in [6, 6.07) is 0. The highest BCUT2D eigenvalue weighted by Gasteiger charge is 2.41. The summed E-state index contributed by atoms with van der Waals surface area (Å²) in [4.78, 5) is 2.95. The van der Waals surface area contributed by atoms with E-state index in [9.17, 15) is 12.6 Å². The van der Waals surface area contributed by atoms with E-state index in [0.717, 1.165) is 44.9 Å². The van der Waals surface area contributed by atoms with Crippen molar-refractivity contribution in [3.8, 4) is 0 Å². The van der Waals surface area contributed by atoms with Gasteiger partial charge < -0.3 is 9.17 Å². The lowest BCUT2D eigenvalue weighted by atomic mass is 9.70. The Bertz CT molecular complexity index is 496. The van der Waals surface area contributed by atoms with E-state index < -0.39 is 21.7 Å². The number of hydrogen-bond donors (Lipinski definition) is 0. The second-order valence-corrected chi connectivity index (χ2v) is 7.89. The lowest BCUT2D eigenvalue weighted by Gasteiger charge is -2.43. The highest BCUT2D eigenvalue weighted by Crippen LogP contribution is 2.42. The van der Waals surface area contributed by atoms with Crippen molar-refractivity contribution in [3.05, 3.63) is 4.89 Å². The molecule has 0 amide bonds. The van der Waals surface area contributed by atoms with E-state index in [1.54, 1.807) is 0 Å². The quantitative estimate of drug-likeness (QED) is 0.673. The fourth-order valence-corrected chi connectivity index (χ4v) is 5.38. The van der Waals surface area contributed by atoms with Crippen molar-refractivity contribution in [1.82, 2.24) is 0 Å². The molecule has 0 spiro atoms. The van der Waals surface area contributed by atoms with E-state index in [2.05, 4.69) is 9.17 Å². The first kappa shape index (κ1) is 15.8.